The van der Waals surface area contributed by atoms with Crippen molar-refractivity contribution in [1.82, 2.24) is 4.90 Å². The third-order valence-electron chi connectivity index (χ3n) is 4.83. The molecular weight excluding hydrogens is 342 g/mol. The van der Waals surface area contributed by atoms with Gasteiger partial charge in [-0.25, -0.2) is 0 Å². The van der Waals surface area contributed by atoms with Crippen molar-refractivity contribution in [3.05, 3.63) is 0 Å². The highest BCUT2D eigenvalue weighted by Gasteiger charge is 2.22. The number of ether oxygens (including phenoxy) is 2. The van der Waals surface area contributed by atoms with Gasteiger partial charge in [0.15, 0.2) is 0 Å². The molecule has 0 bridgehead atoms. The molecule has 0 aliphatic carbocycles. The van der Waals surface area contributed by atoms with E-state index in [-0.39, 0.29) is 30.4 Å². The number of hydrogen-bond donors (Lipinski definition) is 0. The zero-order valence-electron chi connectivity index (χ0n) is 18.6. The van der Waals surface area contributed by atoms with E-state index < -0.39 is 6.10 Å². The lowest BCUT2D eigenvalue weighted by Gasteiger charge is -2.20. The SMILES string of the molecule is CCCCCC(CCCCC)C(=O)OCC(C)OC(=O)C(C)CCN(C)C. The summed E-state index contributed by atoms with van der Waals surface area (Å²) in [7, 11) is 3.97. The van der Waals surface area contributed by atoms with E-state index in [2.05, 4.69) is 13.8 Å². The van der Waals surface area contributed by atoms with Crippen molar-refractivity contribution < 1.29 is 19.1 Å². The zero-order chi connectivity index (χ0) is 20.7. The van der Waals surface area contributed by atoms with E-state index in [0.717, 1.165) is 64.3 Å². The fourth-order valence-corrected chi connectivity index (χ4v) is 2.90. The highest BCUT2D eigenvalue weighted by molar-refractivity contribution is 5.73. The first kappa shape index (κ1) is 25.9. The largest absolute Gasteiger partial charge is 0.462 e. The van der Waals surface area contributed by atoms with Gasteiger partial charge in [-0.2, -0.15) is 0 Å². The van der Waals surface area contributed by atoms with Crippen molar-refractivity contribution in [3.63, 3.8) is 0 Å². The van der Waals surface area contributed by atoms with Crippen molar-refractivity contribution in [3.8, 4) is 0 Å². The Morgan fingerprint density at radius 3 is 1.89 bits per heavy atom. The molecule has 0 fully saturated rings. The quantitative estimate of drug-likeness (QED) is 0.281. The molecule has 0 aromatic carbocycles. The summed E-state index contributed by atoms with van der Waals surface area (Å²) in [6.07, 6.45) is 8.87. The molecule has 0 amide bonds. The molecule has 2 atom stereocenters. The monoisotopic (exact) mass is 385 g/mol. The molecule has 0 aromatic rings. The van der Waals surface area contributed by atoms with Crippen LogP contribution in [0.4, 0.5) is 0 Å². The van der Waals surface area contributed by atoms with Gasteiger partial charge < -0.3 is 14.4 Å². The molecular formula is C22H43NO4. The van der Waals surface area contributed by atoms with Crippen LogP contribution >= 0.6 is 0 Å². The summed E-state index contributed by atoms with van der Waals surface area (Å²) in [6.45, 7) is 8.98. The number of esters is 2. The van der Waals surface area contributed by atoms with E-state index in [9.17, 15) is 9.59 Å². The van der Waals surface area contributed by atoms with Gasteiger partial charge >= 0.3 is 11.9 Å². The number of carbonyl (C=O) groups is 2. The smallest absolute Gasteiger partial charge is 0.309 e. The first-order chi connectivity index (χ1) is 12.8. The maximum atomic E-state index is 12.5. The number of nitrogens with zero attached hydrogens (tertiary/aromatic N) is 1. The molecule has 0 saturated carbocycles. The van der Waals surface area contributed by atoms with E-state index in [1.807, 2.05) is 25.9 Å². The molecule has 0 rings (SSSR count). The Morgan fingerprint density at radius 2 is 1.41 bits per heavy atom. The summed E-state index contributed by atoms with van der Waals surface area (Å²) in [5.74, 6) is -0.528. The molecule has 160 valence electrons. The molecule has 0 N–H and O–H groups in total. The highest BCUT2D eigenvalue weighted by Crippen LogP contribution is 2.19. The average Bonchev–Trinajstić information content (AvgIpc) is 2.62. The first-order valence-corrected chi connectivity index (χ1v) is 10.8. The summed E-state index contributed by atoms with van der Waals surface area (Å²) in [5.41, 5.74) is 0. The molecule has 0 aliphatic heterocycles. The maximum absolute atomic E-state index is 12.5. The summed E-state index contributed by atoms with van der Waals surface area (Å²) < 4.78 is 10.9. The Balaban J connectivity index is 4.31. The minimum absolute atomic E-state index is 0.0231. The third kappa shape index (κ3) is 13.7. The standard InChI is InChI=1S/C22H43NO4/c1-7-9-11-13-20(14-12-10-8-2)22(25)26-17-19(4)27-21(24)18(3)15-16-23(5)6/h18-20H,7-17H2,1-6H3. The normalized spacial score (nSPS) is 13.6. The van der Waals surface area contributed by atoms with E-state index in [1.54, 1.807) is 6.92 Å². The van der Waals surface area contributed by atoms with Gasteiger partial charge in [-0.1, -0.05) is 59.3 Å². The highest BCUT2D eigenvalue weighted by atomic mass is 16.6. The van der Waals surface area contributed by atoms with E-state index in [4.69, 9.17) is 9.47 Å². The summed E-state index contributed by atoms with van der Waals surface area (Å²) in [6, 6.07) is 0. The Kier molecular flexibility index (Phi) is 15.3. The molecule has 27 heavy (non-hydrogen) atoms. The van der Waals surface area contributed by atoms with Gasteiger partial charge in [-0.05, 0) is 46.8 Å². The van der Waals surface area contributed by atoms with Gasteiger partial charge in [0.2, 0.25) is 0 Å². The van der Waals surface area contributed by atoms with Gasteiger partial charge in [-0.3, -0.25) is 9.59 Å². The Morgan fingerprint density at radius 1 is 0.852 bits per heavy atom. The Hall–Kier alpha value is -1.10. The number of rotatable bonds is 16. The first-order valence-electron chi connectivity index (χ1n) is 10.8. The molecule has 2 unspecified atom stereocenters. The van der Waals surface area contributed by atoms with Crippen molar-refractivity contribution in [2.24, 2.45) is 11.8 Å². The fourth-order valence-electron chi connectivity index (χ4n) is 2.90. The molecule has 0 radical (unpaired) electrons. The second kappa shape index (κ2) is 15.9. The van der Waals surface area contributed by atoms with Gasteiger partial charge in [0.1, 0.15) is 12.7 Å². The van der Waals surface area contributed by atoms with Crippen molar-refractivity contribution >= 4 is 11.9 Å². The molecule has 0 spiro atoms. The van der Waals surface area contributed by atoms with Gasteiger partial charge in [0, 0.05) is 0 Å². The molecule has 0 heterocycles. The summed E-state index contributed by atoms with van der Waals surface area (Å²) in [4.78, 5) is 26.6. The minimum Gasteiger partial charge on any atom is -0.462 e. The fraction of sp³-hybridized carbons (Fsp3) is 0.909. The van der Waals surface area contributed by atoms with Crippen LogP contribution in [-0.2, 0) is 19.1 Å². The molecule has 0 aliphatic rings. The minimum atomic E-state index is -0.407. The van der Waals surface area contributed by atoms with Crippen LogP contribution in [-0.4, -0.2) is 50.2 Å². The number of carbonyl (C=O) groups excluding carboxylic acids is 2. The van der Waals surface area contributed by atoms with Crippen LogP contribution in [0.25, 0.3) is 0 Å². The van der Waals surface area contributed by atoms with Gasteiger partial charge in [0.25, 0.3) is 0 Å². The average molecular weight is 386 g/mol. The van der Waals surface area contributed by atoms with Crippen molar-refractivity contribution in [2.75, 3.05) is 27.2 Å². The topological polar surface area (TPSA) is 55.8 Å². The second-order valence-electron chi connectivity index (χ2n) is 8.06. The maximum Gasteiger partial charge on any atom is 0.309 e. The van der Waals surface area contributed by atoms with Crippen LogP contribution in [0.3, 0.4) is 0 Å². The van der Waals surface area contributed by atoms with Crippen LogP contribution in [0.2, 0.25) is 0 Å². The predicted molar refractivity (Wildman–Crippen MR) is 111 cm³/mol. The predicted octanol–water partition coefficient (Wildman–Crippen LogP) is 4.83. The zero-order valence-corrected chi connectivity index (χ0v) is 18.6. The van der Waals surface area contributed by atoms with Crippen LogP contribution in [0.15, 0.2) is 0 Å². The van der Waals surface area contributed by atoms with Gasteiger partial charge in [0.05, 0.1) is 11.8 Å². The van der Waals surface area contributed by atoms with E-state index in [1.165, 1.54) is 0 Å². The van der Waals surface area contributed by atoms with Crippen molar-refractivity contribution in [2.45, 2.75) is 91.6 Å². The van der Waals surface area contributed by atoms with Gasteiger partial charge in [-0.15, -0.1) is 0 Å². The van der Waals surface area contributed by atoms with Crippen LogP contribution in [0.1, 0.15) is 85.5 Å². The van der Waals surface area contributed by atoms with E-state index >= 15 is 0 Å². The lowest BCUT2D eigenvalue weighted by Crippen LogP contribution is -2.28. The van der Waals surface area contributed by atoms with Crippen molar-refractivity contribution in [1.29, 1.82) is 0 Å². The molecule has 0 saturated heterocycles. The molecule has 0 aromatic heterocycles. The van der Waals surface area contributed by atoms with Crippen LogP contribution in [0.5, 0.6) is 0 Å². The Labute approximate surface area is 167 Å². The Bertz CT molecular complexity index is 388. The lowest BCUT2D eigenvalue weighted by molar-refractivity contribution is -0.163. The summed E-state index contributed by atoms with van der Waals surface area (Å²) >= 11 is 0. The molecule has 5 nitrogen and oxygen atoms in total. The van der Waals surface area contributed by atoms with E-state index in [0.29, 0.717) is 0 Å². The summed E-state index contributed by atoms with van der Waals surface area (Å²) in [5, 5.41) is 0. The third-order valence-corrected chi connectivity index (χ3v) is 4.83. The lowest BCUT2D eigenvalue weighted by atomic mass is 9.95. The van der Waals surface area contributed by atoms with Crippen LogP contribution in [0, 0.1) is 11.8 Å². The number of hydrogen-bond acceptors (Lipinski definition) is 5. The number of unbranched alkanes of at least 4 members (excludes halogenated alkanes) is 4. The van der Waals surface area contributed by atoms with Crippen LogP contribution < -0.4 is 0 Å². The molecule has 5 heteroatoms. The second-order valence-corrected chi connectivity index (χ2v) is 8.06.